The Bertz CT molecular complexity index is 1010. The highest BCUT2D eigenvalue weighted by atomic mass is 32.2. The summed E-state index contributed by atoms with van der Waals surface area (Å²) in [7, 11) is -12.3. The van der Waals surface area contributed by atoms with Crippen molar-refractivity contribution >= 4 is 28.2 Å². The number of aryl methyl sites for hydroxylation is 1. The van der Waals surface area contributed by atoms with Gasteiger partial charge in [-0.1, -0.05) is 56.6 Å². The Kier molecular flexibility index (Phi) is 7.59. The van der Waals surface area contributed by atoms with Gasteiger partial charge in [0.15, 0.2) is 0 Å². The molecule has 2 rings (SSSR count). The first-order valence-electron chi connectivity index (χ1n) is 10.0. The molecule has 31 heavy (non-hydrogen) atoms. The van der Waals surface area contributed by atoms with Gasteiger partial charge in [-0.2, -0.15) is 21.6 Å². The minimum atomic E-state index is -5.92. The van der Waals surface area contributed by atoms with Crippen LogP contribution in [0, 0.1) is 6.92 Å². The van der Waals surface area contributed by atoms with Crippen molar-refractivity contribution in [2.45, 2.75) is 68.2 Å². The fourth-order valence-electron chi connectivity index (χ4n) is 4.08. The lowest BCUT2D eigenvalue weighted by atomic mass is 10.2. The molecule has 0 N–H and O–H groups in total. The number of halogens is 3. The third kappa shape index (κ3) is 5.11. The van der Waals surface area contributed by atoms with E-state index >= 15 is 0 Å². The number of hydrogen-bond acceptors (Lipinski definition) is 5. The third-order valence-electron chi connectivity index (χ3n) is 6.22. The summed E-state index contributed by atoms with van der Waals surface area (Å²) in [4.78, 5) is -0.0317. The second-order valence-electron chi connectivity index (χ2n) is 7.71. The quantitative estimate of drug-likeness (QED) is 0.286. The average Bonchev–Trinajstić information content (AvgIpc) is 2.69. The molecule has 1 heterocycles. The molecule has 176 valence electrons. The van der Waals surface area contributed by atoms with Crippen LogP contribution in [-0.4, -0.2) is 41.3 Å². The van der Waals surface area contributed by atoms with Crippen LogP contribution in [0.3, 0.4) is 0 Å². The van der Waals surface area contributed by atoms with Crippen LogP contribution < -0.4 is 0 Å². The number of benzene rings is 1. The minimum Gasteiger partial charge on any atom is -0.379 e. The number of sulfonamides is 1. The lowest BCUT2D eigenvalue weighted by Gasteiger charge is -2.41. The number of hydrogen-bond donors (Lipinski definition) is 0. The van der Waals surface area contributed by atoms with Crippen LogP contribution >= 0.6 is 0 Å². The van der Waals surface area contributed by atoms with Crippen molar-refractivity contribution in [3.05, 3.63) is 41.8 Å². The molecule has 0 saturated heterocycles. The molecule has 1 aromatic carbocycles. The summed E-state index contributed by atoms with van der Waals surface area (Å²) in [6.45, 7) is 7.63. The molecule has 1 aliphatic rings. The SMILES string of the molecule is CC[Si](CC)(CC)C1CCN(S(=O)(=O)c2ccc(C)cc2)C=C1OS(=O)(=O)C(F)(F)F. The molecule has 0 aliphatic carbocycles. The molecule has 1 unspecified atom stereocenters. The summed E-state index contributed by atoms with van der Waals surface area (Å²) in [5.74, 6) is -0.434. The molecule has 0 bridgehead atoms. The summed E-state index contributed by atoms with van der Waals surface area (Å²) >= 11 is 0. The molecule has 6 nitrogen and oxygen atoms in total. The first-order valence-corrected chi connectivity index (χ1v) is 15.6. The lowest BCUT2D eigenvalue weighted by molar-refractivity contribution is -0.0525. The van der Waals surface area contributed by atoms with E-state index in [4.69, 9.17) is 0 Å². The molecule has 1 atom stereocenters. The highest BCUT2D eigenvalue weighted by molar-refractivity contribution is 7.89. The van der Waals surface area contributed by atoms with Crippen LogP contribution in [0.1, 0.15) is 32.8 Å². The second-order valence-corrected chi connectivity index (χ2v) is 16.7. The van der Waals surface area contributed by atoms with Gasteiger partial charge in [0.2, 0.25) is 0 Å². The third-order valence-corrected chi connectivity index (χ3v) is 15.2. The van der Waals surface area contributed by atoms with Crippen molar-refractivity contribution in [1.82, 2.24) is 4.31 Å². The van der Waals surface area contributed by atoms with Crippen LogP contribution in [0.5, 0.6) is 0 Å². The van der Waals surface area contributed by atoms with Crippen molar-refractivity contribution < 1.29 is 34.2 Å². The van der Waals surface area contributed by atoms with Gasteiger partial charge in [-0.05, 0) is 25.5 Å². The van der Waals surface area contributed by atoms with Crippen molar-refractivity contribution in [2.24, 2.45) is 0 Å². The Morgan fingerprint density at radius 1 is 1.03 bits per heavy atom. The van der Waals surface area contributed by atoms with Crippen LogP contribution in [0.2, 0.25) is 23.7 Å². The topological polar surface area (TPSA) is 80.8 Å². The number of alkyl halides is 3. The van der Waals surface area contributed by atoms with Gasteiger partial charge < -0.3 is 4.18 Å². The molecular weight excluding hydrogens is 471 g/mol. The molecule has 0 radical (unpaired) electrons. The van der Waals surface area contributed by atoms with Crippen LogP contribution in [-0.2, 0) is 24.3 Å². The number of nitrogens with zero attached hydrogens (tertiary/aromatic N) is 1. The van der Waals surface area contributed by atoms with Gasteiger partial charge in [0.1, 0.15) is 5.76 Å². The molecule has 0 saturated carbocycles. The maximum absolute atomic E-state index is 13.0. The standard InChI is InChI=1S/C19H28F3NO5S2Si/c1-5-31(6-2,7-3)18-12-13-23(14-17(18)28-30(26,27)19(20,21)22)29(24,25)16-10-8-15(4)9-11-16/h8-11,14,18H,5-7,12-13H2,1-4H3. The monoisotopic (exact) mass is 499 g/mol. The zero-order valence-corrected chi connectivity index (χ0v) is 20.6. The van der Waals surface area contributed by atoms with Gasteiger partial charge in [-0.15, -0.1) is 0 Å². The predicted molar refractivity (Wildman–Crippen MR) is 115 cm³/mol. The highest BCUT2D eigenvalue weighted by Gasteiger charge is 2.51. The van der Waals surface area contributed by atoms with Crippen LogP contribution in [0.15, 0.2) is 41.1 Å². The molecule has 0 fully saturated rings. The predicted octanol–water partition coefficient (Wildman–Crippen LogP) is 4.98. The van der Waals surface area contributed by atoms with E-state index in [2.05, 4.69) is 4.18 Å². The Morgan fingerprint density at radius 2 is 1.55 bits per heavy atom. The van der Waals surface area contributed by atoms with Crippen molar-refractivity contribution in [3.63, 3.8) is 0 Å². The highest BCUT2D eigenvalue weighted by Crippen LogP contribution is 2.45. The maximum Gasteiger partial charge on any atom is 0.534 e. The van der Waals surface area contributed by atoms with Gasteiger partial charge in [0, 0.05) is 12.1 Å². The van der Waals surface area contributed by atoms with E-state index in [9.17, 15) is 30.0 Å². The minimum absolute atomic E-state index is 0.0317. The second kappa shape index (κ2) is 9.14. The number of allylic oxidation sites excluding steroid dienone is 1. The smallest absolute Gasteiger partial charge is 0.379 e. The first kappa shape index (κ1) is 25.7. The molecule has 0 spiro atoms. The zero-order chi connectivity index (χ0) is 23.7. The summed E-state index contributed by atoms with van der Waals surface area (Å²) in [5, 5.41) is 0. The summed E-state index contributed by atoms with van der Waals surface area (Å²) in [5.41, 5.74) is -5.29. The molecule has 1 aliphatic heterocycles. The number of rotatable bonds is 8. The molecule has 0 aromatic heterocycles. The zero-order valence-electron chi connectivity index (χ0n) is 17.9. The fraction of sp³-hybridized carbons (Fsp3) is 0.579. The molecular formula is C19H28F3NO5S2Si. The molecule has 1 aromatic rings. The van der Waals surface area contributed by atoms with E-state index < -0.39 is 45.0 Å². The summed E-state index contributed by atoms with van der Waals surface area (Å²) in [6.07, 6.45) is 1.14. The van der Waals surface area contributed by atoms with Crippen LogP contribution in [0.4, 0.5) is 13.2 Å². The van der Waals surface area contributed by atoms with Crippen molar-refractivity contribution in [3.8, 4) is 0 Å². The van der Waals surface area contributed by atoms with E-state index in [1.54, 1.807) is 19.1 Å². The summed E-state index contributed by atoms with van der Waals surface area (Å²) < 4.78 is 94.2. The molecule has 12 heteroatoms. The Balaban J connectivity index is 2.58. The van der Waals surface area contributed by atoms with Crippen molar-refractivity contribution in [2.75, 3.05) is 6.54 Å². The Hall–Kier alpha value is -1.53. The van der Waals surface area contributed by atoms with Gasteiger partial charge in [-0.25, -0.2) is 8.42 Å². The largest absolute Gasteiger partial charge is 0.534 e. The van der Waals surface area contributed by atoms with E-state index in [-0.39, 0.29) is 17.9 Å². The van der Waals surface area contributed by atoms with Crippen molar-refractivity contribution in [1.29, 1.82) is 0 Å². The Labute approximate surface area is 183 Å². The van der Waals surface area contributed by atoms with E-state index in [0.29, 0.717) is 18.1 Å². The molecule has 0 amide bonds. The maximum atomic E-state index is 13.0. The van der Waals surface area contributed by atoms with Crippen LogP contribution in [0.25, 0.3) is 0 Å². The lowest BCUT2D eigenvalue weighted by Crippen LogP contribution is -2.44. The normalized spacial score (nSPS) is 18.6. The van der Waals surface area contributed by atoms with Gasteiger partial charge in [-0.3, -0.25) is 4.31 Å². The average molecular weight is 500 g/mol. The Morgan fingerprint density at radius 3 is 2.00 bits per heavy atom. The summed E-state index contributed by atoms with van der Waals surface area (Å²) in [6, 6.07) is 8.16. The van der Waals surface area contributed by atoms with E-state index in [0.717, 1.165) is 16.1 Å². The van der Waals surface area contributed by atoms with E-state index in [1.807, 2.05) is 20.8 Å². The van der Waals surface area contributed by atoms with Gasteiger partial charge in [0.05, 0.1) is 19.2 Å². The van der Waals surface area contributed by atoms with E-state index in [1.165, 1.54) is 12.1 Å². The van der Waals surface area contributed by atoms with Gasteiger partial charge >= 0.3 is 15.6 Å². The fourth-order valence-corrected chi connectivity index (χ4v) is 10.5. The van der Waals surface area contributed by atoms with Gasteiger partial charge in [0.25, 0.3) is 10.0 Å². The first-order chi connectivity index (χ1) is 14.2.